The van der Waals surface area contributed by atoms with Crippen LogP contribution >= 0.6 is 27.3 Å². The highest BCUT2D eigenvalue weighted by Gasteiger charge is 2.24. The number of carbonyl (C=O) groups is 1. The van der Waals surface area contributed by atoms with Crippen LogP contribution in [-0.2, 0) is 9.84 Å². The first kappa shape index (κ1) is 20.6. The summed E-state index contributed by atoms with van der Waals surface area (Å²) < 4.78 is 37.8. The van der Waals surface area contributed by atoms with Crippen LogP contribution in [0.15, 0.2) is 73.5 Å². The monoisotopic (exact) mass is 506 g/mol. The first-order chi connectivity index (χ1) is 14.4. The summed E-state index contributed by atoms with van der Waals surface area (Å²) in [6, 6.07) is 14.2. The topological polar surface area (TPSA) is 98.5 Å². The smallest absolute Gasteiger partial charge is 0.293 e. The van der Waals surface area contributed by atoms with E-state index in [0.29, 0.717) is 11.7 Å². The van der Waals surface area contributed by atoms with Crippen molar-refractivity contribution in [1.29, 1.82) is 0 Å². The van der Waals surface area contributed by atoms with Gasteiger partial charge < -0.3 is 9.15 Å². The van der Waals surface area contributed by atoms with Gasteiger partial charge in [-0.3, -0.25) is 10.1 Å². The van der Waals surface area contributed by atoms with Gasteiger partial charge in [0, 0.05) is 4.47 Å². The molecular formula is C20H15BrN2O5S2. The number of amides is 1. The molecule has 0 saturated heterocycles. The number of fused-ring (bicyclic) bond motifs is 1. The molecule has 2 aromatic carbocycles. The fraction of sp³-hybridized carbons (Fsp3) is 0.100. The Kier molecular flexibility index (Phi) is 5.63. The third kappa shape index (κ3) is 4.11. The van der Waals surface area contributed by atoms with Crippen molar-refractivity contribution >= 4 is 58.4 Å². The molecule has 2 aromatic heterocycles. The van der Waals surface area contributed by atoms with E-state index < -0.39 is 15.7 Å². The summed E-state index contributed by atoms with van der Waals surface area (Å²) in [4.78, 5) is 16.9. The van der Waals surface area contributed by atoms with Crippen molar-refractivity contribution in [3.8, 4) is 5.75 Å². The van der Waals surface area contributed by atoms with Crippen LogP contribution in [0.1, 0.15) is 17.5 Å². The summed E-state index contributed by atoms with van der Waals surface area (Å²) in [5.74, 6) is 0.0108. The third-order valence-corrected chi connectivity index (χ3v) is 7.19. The van der Waals surface area contributed by atoms with Gasteiger partial charge in [0.15, 0.2) is 10.9 Å². The second-order valence-corrected chi connectivity index (χ2v) is 9.94. The zero-order chi connectivity index (χ0) is 21.3. The van der Waals surface area contributed by atoms with Crippen LogP contribution in [0.25, 0.3) is 10.2 Å². The van der Waals surface area contributed by atoms with Crippen LogP contribution in [0, 0.1) is 0 Å². The van der Waals surface area contributed by atoms with Gasteiger partial charge in [0.2, 0.25) is 14.9 Å². The lowest BCUT2D eigenvalue weighted by Gasteiger charge is -2.01. The van der Waals surface area contributed by atoms with Crippen LogP contribution in [0.5, 0.6) is 5.75 Å². The van der Waals surface area contributed by atoms with Gasteiger partial charge in [-0.25, -0.2) is 13.4 Å². The average Bonchev–Trinajstić information content (AvgIpc) is 3.35. The Balaban J connectivity index is 1.54. The summed E-state index contributed by atoms with van der Waals surface area (Å²) >= 11 is 4.55. The van der Waals surface area contributed by atoms with E-state index in [1.807, 2.05) is 25.1 Å². The molecule has 0 unspecified atom stereocenters. The van der Waals surface area contributed by atoms with Gasteiger partial charge in [0.05, 0.1) is 21.7 Å². The standard InChI is InChI=1S/C20H15BrN2O5S2/c1-2-27-13-5-8-15-17(11-13)29-20(22-15)23-19(24)16-9-10-18(28-16)30(25,26)14-6-3-12(21)4-7-14/h3-11H,2H2,1H3,(H,22,23,24). The summed E-state index contributed by atoms with van der Waals surface area (Å²) in [6.45, 7) is 2.45. The number of aromatic nitrogens is 1. The van der Waals surface area contributed by atoms with Crippen molar-refractivity contribution in [2.45, 2.75) is 16.9 Å². The first-order valence-electron chi connectivity index (χ1n) is 8.82. The number of halogens is 1. The van der Waals surface area contributed by atoms with Gasteiger partial charge in [-0.2, -0.15) is 0 Å². The molecular weight excluding hydrogens is 492 g/mol. The molecule has 1 N–H and O–H groups in total. The molecule has 0 aliphatic rings. The molecule has 4 aromatic rings. The van der Waals surface area contributed by atoms with Crippen LogP contribution in [0.2, 0.25) is 0 Å². The fourth-order valence-corrected chi connectivity index (χ4v) is 5.02. The number of hydrogen-bond acceptors (Lipinski definition) is 7. The number of anilines is 1. The summed E-state index contributed by atoms with van der Waals surface area (Å²) in [6.07, 6.45) is 0. The number of benzene rings is 2. The Bertz CT molecular complexity index is 1330. The SMILES string of the molecule is CCOc1ccc2nc(NC(=O)c3ccc(S(=O)(=O)c4ccc(Br)cc4)o3)sc2c1. The molecule has 0 spiro atoms. The zero-order valence-corrected chi connectivity index (χ0v) is 18.8. The highest BCUT2D eigenvalue weighted by molar-refractivity contribution is 9.10. The number of nitrogens with one attached hydrogen (secondary N) is 1. The molecule has 10 heteroatoms. The molecule has 0 aliphatic carbocycles. The van der Waals surface area contributed by atoms with Gasteiger partial charge >= 0.3 is 0 Å². The maximum Gasteiger partial charge on any atom is 0.293 e. The third-order valence-electron chi connectivity index (χ3n) is 4.09. The molecule has 0 saturated carbocycles. The Labute approximate surface area is 184 Å². The van der Waals surface area contributed by atoms with E-state index in [0.717, 1.165) is 20.4 Å². The molecule has 0 bridgehead atoms. The maximum atomic E-state index is 12.7. The van der Waals surface area contributed by atoms with Gasteiger partial charge in [-0.1, -0.05) is 27.3 Å². The van der Waals surface area contributed by atoms with Gasteiger partial charge in [-0.15, -0.1) is 0 Å². The predicted molar refractivity (Wildman–Crippen MR) is 117 cm³/mol. The van der Waals surface area contributed by atoms with Crippen molar-refractivity contribution < 1.29 is 22.4 Å². The molecule has 4 rings (SSSR count). The Morgan fingerprint density at radius 1 is 1.17 bits per heavy atom. The van der Waals surface area contributed by atoms with Crippen LogP contribution < -0.4 is 10.1 Å². The lowest BCUT2D eigenvalue weighted by molar-refractivity contribution is 0.0991. The number of ether oxygens (including phenoxy) is 1. The highest BCUT2D eigenvalue weighted by Crippen LogP contribution is 2.30. The highest BCUT2D eigenvalue weighted by atomic mass is 79.9. The average molecular weight is 507 g/mol. The quantitative estimate of drug-likeness (QED) is 0.388. The lowest BCUT2D eigenvalue weighted by atomic mass is 10.3. The lowest BCUT2D eigenvalue weighted by Crippen LogP contribution is -2.10. The number of rotatable bonds is 6. The molecule has 1 amide bonds. The molecule has 2 heterocycles. The molecule has 0 atom stereocenters. The molecule has 30 heavy (non-hydrogen) atoms. The van der Waals surface area contributed by atoms with E-state index in [4.69, 9.17) is 9.15 Å². The Hall–Kier alpha value is -2.69. The van der Waals surface area contributed by atoms with Crippen molar-refractivity contribution in [3.63, 3.8) is 0 Å². The molecule has 0 fully saturated rings. The predicted octanol–water partition coefficient (Wildman–Crippen LogP) is 5.14. The van der Waals surface area contributed by atoms with Crippen molar-refractivity contribution in [2.75, 3.05) is 11.9 Å². The minimum absolute atomic E-state index is 0.0725. The van der Waals surface area contributed by atoms with Crippen molar-refractivity contribution in [1.82, 2.24) is 4.98 Å². The van der Waals surface area contributed by atoms with Crippen molar-refractivity contribution in [3.05, 3.63) is 64.8 Å². The van der Waals surface area contributed by atoms with Gasteiger partial charge in [-0.05, 0) is 61.5 Å². The Morgan fingerprint density at radius 2 is 1.93 bits per heavy atom. The van der Waals surface area contributed by atoms with Crippen LogP contribution in [0.3, 0.4) is 0 Å². The molecule has 7 nitrogen and oxygen atoms in total. The van der Waals surface area contributed by atoms with Crippen molar-refractivity contribution in [2.24, 2.45) is 0 Å². The number of thiazole rings is 1. The van der Waals surface area contributed by atoms with Gasteiger partial charge in [0.25, 0.3) is 5.91 Å². The van der Waals surface area contributed by atoms with Crippen LogP contribution in [-0.4, -0.2) is 25.9 Å². The molecule has 154 valence electrons. The Morgan fingerprint density at radius 3 is 2.67 bits per heavy atom. The molecule has 0 radical (unpaired) electrons. The number of carbonyl (C=O) groups excluding carboxylic acids is 1. The van der Waals surface area contributed by atoms with E-state index >= 15 is 0 Å². The number of hydrogen-bond donors (Lipinski definition) is 1. The second-order valence-electron chi connectivity index (χ2n) is 6.11. The first-order valence-corrected chi connectivity index (χ1v) is 11.9. The number of sulfone groups is 1. The van der Waals surface area contributed by atoms with E-state index in [2.05, 4.69) is 26.2 Å². The fourth-order valence-electron chi connectivity index (χ4n) is 2.69. The minimum Gasteiger partial charge on any atom is -0.494 e. The largest absolute Gasteiger partial charge is 0.494 e. The number of nitrogens with zero attached hydrogens (tertiary/aromatic N) is 1. The van der Waals surface area contributed by atoms with E-state index in [9.17, 15) is 13.2 Å². The molecule has 0 aliphatic heterocycles. The summed E-state index contributed by atoms with van der Waals surface area (Å²) in [5, 5.41) is 2.71. The normalized spacial score (nSPS) is 11.5. The number of furan rings is 1. The second kappa shape index (κ2) is 8.21. The summed E-state index contributed by atoms with van der Waals surface area (Å²) in [7, 11) is -3.87. The van der Waals surface area contributed by atoms with E-state index in [1.165, 1.54) is 35.6 Å². The van der Waals surface area contributed by atoms with Crippen LogP contribution in [0.4, 0.5) is 5.13 Å². The van der Waals surface area contributed by atoms with Gasteiger partial charge in [0.1, 0.15) is 5.75 Å². The summed E-state index contributed by atoms with van der Waals surface area (Å²) in [5.41, 5.74) is 0.719. The van der Waals surface area contributed by atoms with E-state index in [1.54, 1.807) is 12.1 Å². The minimum atomic E-state index is -3.87. The van der Waals surface area contributed by atoms with E-state index in [-0.39, 0.29) is 15.7 Å². The zero-order valence-electron chi connectivity index (χ0n) is 15.6. The maximum absolute atomic E-state index is 12.7.